The summed E-state index contributed by atoms with van der Waals surface area (Å²) >= 11 is 0. The minimum Gasteiger partial charge on any atom is -0.212 e. The molecule has 21 heavy (non-hydrogen) atoms. The molecular formula is C18H12N3. The molecule has 0 aliphatic heterocycles. The van der Waals surface area contributed by atoms with Crippen molar-refractivity contribution in [1.82, 2.24) is 15.0 Å². The third-order valence-electron chi connectivity index (χ3n) is 3.51. The average Bonchev–Trinajstić information content (AvgIpc) is 3.00. The van der Waals surface area contributed by atoms with Crippen molar-refractivity contribution in [3.63, 3.8) is 0 Å². The topological polar surface area (TPSA) is 30.7 Å². The average molecular weight is 270 g/mol. The molecule has 0 atom stereocenters. The fraction of sp³-hybridized carbons (Fsp3) is 0. The summed E-state index contributed by atoms with van der Waals surface area (Å²) in [6, 6.07) is 27.2. The van der Waals surface area contributed by atoms with Crippen LogP contribution >= 0.6 is 0 Å². The van der Waals surface area contributed by atoms with Crippen molar-refractivity contribution in [2.75, 3.05) is 0 Å². The number of benzene rings is 3. The van der Waals surface area contributed by atoms with Gasteiger partial charge in [-0.1, -0.05) is 59.8 Å². The molecule has 0 fully saturated rings. The summed E-state index contributed by atoms with van der Waals surface area (Å²) in [4.78, 5) is 0. The van der Waals surface area contributed by atoms with Gasteiger partial charge in [-0.15, -0.1) is 5.10 Å². The van der Waals surface area contributed by atoms with Crippen molar-refractivity contribution in [3.8, 4) is 16.8 Å². The second-order valence-corrected chi connectivity index (χ2v) is 4.80. The van der Waals surface area contributed by atoms with Gasteiger partial charge in [0.2, 0.25) is 0 Å². The van der Waals surface area contributed by atoms with Crippen LogP contribution in [0.1, 0.15) is 0 Å². The Bertz CT molecular complexity index is 894. The number of aromatic nitrogens is 3. The summed E-state index contributed by atoms with van der Waals surface area (Å²) in [7, 11) is 0. The lowest BCUT2D eigenvalue weighted by atomic mass is 10.0. The maximum absolute atomic E-state index is 4.31. The Labute approximate surface area is 122 Å². The molecule has 0 saturated heterocycles. The molecule has 0 saturated carbocycles. The summed E-state index contributed by atoms with van der Waals surface area (Å²) in [5.41, 5.74) is 5.20. The Morgan fingerprint density at radius 3 is 2.48 bits per heavy atom. The number of hydrogen-bond acceptors (Lipinski definition) is 2. The highest BCUT2D eigenvalue weighted by atomic mass is 15.4. The Balaban J connectivity index is 1.98. The Morgan fingerprint density at radius 2 is 1.57 bits per heavy atom. The number of rotatable bonds is 2. The van der Waals surface area contributed by atoms with Crippen molar-refractivity contribution >= 4 is 11.0 Å². The van der Waals surface area contributed by atoms with Crippen LogP contribution < -0.4 is 0 Å². The molecule has 3 aromatic carbocycles. The minimum absolute atomic E-state index is 0.897. The van der Waals surface area contributed by atoms with Gasteiger partial charge in [-0.05, 0) is 29.8 Å². The van der Waals surface area contributed by atoms with Crippen LogP contribution in [-0.4, -0.2) is 15.0 Å². The van der Waals surface area contributed by atoms with E-state index in [0.29, 0.717) is 0 Å². The van der Waals surface area contributed by atoms with Gasteiger partial charge in [-0.25, -0.2) is 4.68 Å². The number of hydrogen-bond donors (Lipinski definition) is 0. The van der Waals surface area contributed by atoms with E-state index in [1.807, 2.05) is 53.2 Å². The molecular weight excluding hydrogens is 258 g/mol. The molecule has 0 bridgehead atoms. The van der Waals surface area contributed by atoms with Gasteiger partial charge in [-0.2, -0.15) is 0 Å². The van der Waals surface area contributed by atoms with Gasteiger partial charge < -0.3 is 0 Å². The maximum atomic E-state index is 4.31. The van der Waals surface area contributed by atoms with Gasteiger partial charge in [0, 0.05) is 5.56 Å². The van der Waals surface area contributed by atoms with Crippen LogP contribution in [0.4, 0.5) is 0 Å². The third-order valence-corrected chi connectivity index (χ3v) is 3.51. The third kappa shape index (κ3) is 1.99. The summed E-state index contributed by atoms with van der Waals surface area (Å²) < 4.78 is 1.89. The van der Waals surface area contributed by atoms with Crippen LogP contribution in [0.15, 0.2) is 72.8 Å². The fourth-order valence-corrected chi connectivity index (χ4v) is 2.52. The SMILES string of the molecule is [c]1ccc(-c2ccccc2-n2nnc3ccccc32)cc1. The Morgan fingerprint density at radius 1 is 0.810 bits per heavy atom. The summed E-state index contributed by atoms with van der Waals surface area (Å²) in [5.74, 6) is 0. The zero-order valence-corrected chi connectivity index (χ0v) is 11.3. The molecule has 0 unspecified atom stereocenters. The second kappa shape index (κ2) is 4.87. The highest BCUT2D eigenvalue weighted by molar-refractivity contribution is 5.80. The van der Waals surface area contributed by atoms with Crippen LogP contribution in [0, 0.1) is 6.07 Å². The van der Waals surface area contributed by atoms with Crippen LogP contribution in [0.2, 0.25) is 0 Å². The lowest BCUT2D eigenvalue weighted by Gasteiger charge is -2.09. The van der Waals surface area contributed by atoms with Gasteiger partial charge in [0.15, 0.2) is 0 Å². The molecule has 0 aliphatic carbocycles. The van der Waals surface area contributed by atoms with E-state index in [9.17, 15) is 0 Å². The quantitative estimate of drug-likeness (QED) is 0.553. The molecule has 0 aliphatic rings. The van der Waals surface area contributed by atoms with E-state index in [0.717, 1.165) is 27.8 Å². The summed E-state index contributed by atoms with van der Waals surface area (Å²) in [5, 5.41) is 8.55. The molecule has 3 heteroatoms. The zero-order chi connectivity index (χ0) is 14.1. The number of para-hydroxylation sites is 2. The van der Waals surface area contributed by atoms with Crippen molar-refractivity contribution in [3.05, 3.63) is 78.9 Å². The monoisotopic (exact) mass is 270 g/mol. The van der Waals surface area contributed by atoms with E-state index >= 15 is 0 Å². The van der Waals surface area contributed by atoms with Crippen molar-refractivity contribution in [2.24, 2.45) is 0 Å². The van der Waals surface area contributed by atoms with Crippen LogP contribution in [0.3, 0.4) is 0 Å². The van der Waals surface area contributed by atoms with Gasteiger partial charge in [0.1, 0.15) is 5.52 Å². The first kappa shape index (κ1) is 11.9. The van der Waals surface area contributed by atoms with Gasteiger partial charge >= 0.3 is 0 Å². The van der Waals surface area contributed by atoms with Crippen molar-refractivity contribution < 1.29 is 0 Å². The lowest BCUT2D eigenvalue weighted by Crippen LogP contribution is -1.99. The van der Waals surface area contributed by atoms with Gasteiger partial charge in [0.05, 0.1) is 11.2 Å². The molecule has 0 amide bonds. The largest absolute Gasteiger partial charge is 0.212 e. The molecule has 0 spiro atoms. The molecule has 3 nitrogen and oxygen atoms in total. The number of fused-ring (bicyclic) bond motifs is 1. The van der Waals surface area contributed by atoms with E-state index in [4.69, 9.17) is 0 Å². The lowest BCUT2D eigenvalue weighted by molar-refractivity contribution is 0.825. The smallest absolute Gasteiger partial charge is 0.113 e. The van der Waals surface area contributed by atoms with Crippen LogP contribution in [0.25, 0.3) is 27.8 Å². The van der Waals surface area contributed by atoms with Gasteiger partial charge in [0.25, 0.3) is 0 Å². The molecule has 0 N–H and O–H groups in total. The summed E-state index contributed by atoms with van der Waals surface area (Å²) in [6.45, 7) is 0. The predicted octanol–water partition coefficient (Wildman–Crippen LogP) is 3.89. The van der Waals surface area contributed by atoms with E-state index in [1.165, 1.54) is 0 Å². The van der Waals surface area contributed by atoms with Crippen LogP contribution in [0.5, 0.6) is 0 Å². The maximum Gasteiger partial charge on any atom is 0.113 e. The second-order valence-electron chi connectivity index (χ2n) is 4.80. The first-order valence-electron chi connectivity index (χ1n) is 6.80. The molecule has 1 aromatic heterocycles. The fourth-order valence-electron chi connectivity index (χ4n) is 2.52. The minimum atomic E-state index is 0.897. The normalized spacial score (nSPS) is 10.9. The number of nitrogens with zero attached hydrogens (tertiary/aromatic N) is 3. The molecule has 1 heterocycles. The molecule has 1 radical (unpaired) electrons. The first-order valence-corrected chi connectivity index (χ1v) is 6.80. The Kier molecular flexibility index (Phi) is 2.75. The summed E-state index contributed by atoms with van der Waals surface area (Å²) in [6.07, 6.45) is 0. The molecule has 4 aromatic rings. The highest BCUT2D eigenvalue weighted by Crippen LogP contribution is 2.27. The van der Waals surface area contributed by atoms with Crippen molar-refractivity contribution in [1.29, 1.82) is 0 Å². The molecule has 99 valence electrons. The van der Waals surface area contributed by atoms with Crippen molar-refractivity contribution in [2.45, 2.75) is 0 Å². The van der Waals surface area contributed by atoms with E-state index in [-0.39, 0.29) is 0 Å². The van der Waals surface area contributed by atoms with Gasteiger partial charge in [-0.3, -0.25) is 0 Å². The zero-order valence-electron chi connectivity index (χ0n) is 11.3. The predicted molar refractivity (Wildman–Crippen MR) is 83.1 cm³/mol. The standard InChI is InChI=1S/C18H12N3/c1-2-8-14(9-3-1)15-10-4-6-12-17(15)21-18-13-7-5-11-16(18)19-20-21/h2-13H. The molecule has 4 rings (SSSR count). The Hall–Kier alpha value is -2.94. The first-order chi connectivity index (χ1) is 10.4. The highest BCUT2D eigenvalue weighted by Gasteiger charge is 2.10. The van der Waals surface area contributed by atoms with Crippen LogP contribution in [-0.2, 0) is 0 Å². The van der Waals surface area contributed by atoms with E-state index in [2.05, 4.69) is 40.6 Å². The van der Waals surface area contributed by atoms with E-state index < -0.39 is 0 Å². The van der Waals surface area contributed by atoms with E-state index in [1.54, 1.807) is 0 Å².